The lowest BCUT2D eigenvalue weighted by Crippen LogP contribution is -2.48. The fourth-order valence-electron chi connectivity index (χ4n) is 5.71. The molecule has 0 aromatic heterocycles. The number of carbonyl (C=O) groups is 1. The molecule has 1 spiro atoms. The van der Waals surface area contributed by atoms with Crippen molar-refractivity contribution in [2.24, 2.45) is 5.41 Å². The molecule has 2 aliphatic rings. The van der Waals surface area contributed by atoms with Gasteiger partial charge < -0.3 is 14.5 Å². The Morgan fingerprint density at radius 3 is 2.11 bits per heavy atom. The smallest absolute Gasteiger partial charge is 0.253 e. The van der Waals surface area contributed by atoms with Crippen LogP contribution in [0.3, 0.4) is 0 Å². The molecule has 1 amide bonds. The second kappa shape index (κ2) is 11.4. The van der Waals surface area contributed by atoms with E-state index in [9.17, 15) is 4.79 Å². The number of hydrogen-bond acceptors (Lipinski definition) is 4. The van der Waals surface area contributed by atoms with Gasteiger partial charge in [0.2, 0.25) is 0 Å². The van der Waals surface area contributed by atoms with Gasteiger partial charge in [0, 0.05) is 50.5 Å². The maximum atomic E-state index is 13.1. The Morgan fingerprint density at radius 1 is 0.811 bits per heavy atom. The highest BCUT2D eigenvalue weighted by Crippen LogP contribution is 2.42. The molecule has 0 unspecified atom stereocenters. The number of amides is 1. The van der Waals surface area contributed by atoms with E-state index in [2.05, 4.69) is 63.2 Å². The van der Waals surface area contributed by atoms with Crippen LogP contribution in [0.2, 0.25) is 0 Å². The Labute approximate surface area is 221 Å². The predicted octanol–water partition coefficient (Wildman–Crippen LogP) is 5.85. The lowest BCUT2D eigenvalue weighted by Gasteiger charge is -2.47. The number of ether oxygens (including phenoxy) is 1. The van der Waals surface area contributed by atoms with Crippen LogP contribution in [0.4, 0.5) is 5.69 Å². The first-order chi connectivity index (χ1) is 18.0. The van der Waals surface area contributed by atoms with Crippen molar-refractivity contribution in [3.63, 3.8) is 0 Å². The van der Waals surface area contributed by atoms with Crippen molar-refractivity contribution in [3.05, 3.63) is 95.6 Å². The quantitative estimate of drug-likeness (QED) is 0.410. The van der Waals surface area contributed by atoms with E-state index < -0.39 is 0 Å². The largest absolute Gasteiger partial charge is 0.489 e. The van der Waals surface area contributed by atoms with Crippen LogP contribution in [0.15, 0.2) is 78.9 Å². The summed E-state index contributed by atoms with van der Waals surface area (Å²) in [6.45, 7) is 5.46. The van der Waals surface area contributed by atoms with Crippen molar-refractivity contribution in [3.8, 4) is 5.75 Å². The van der Waals surface area contributed by atoms with Gasteiger partial charge in [0.05, 0.1) is 0 Å². The molecule has 5 rings (SSSR count). The fraction of sp³-hybridized carbons (Fsp3) is 0.406. The maximum Gasteiger partial charge on any atom is 0.253 e. The topological polar surface area (TPSA) is 36.0 Å². The van der Waals surface area contributed by atoms with Gasteiger partial charge in [-0.05, 0) is 80.1 Å². The molecule has 2 fully saturated rings. The Kier molecular flexibility index (Phi) is 7.80. The number of nitrogens with zero attached hydrogens (tertiary/aromatic N) is 3. The summed E-state index contributed by atoms with van der Waals surface area (Å²) in [4.78, 5) is 19.8. The molecule has 2 saturated heterocycles. The summed E-state index contributed by atoms with van der Waals surface area (Å²) in [5, 5.41) is 0. The van der Waals surface area contributed by atoms with Crippen molar-refractivity contribution in [1.82, 2.24) is 9.80 Å². The van der Waals surface area contributed by atoms with E-state index in [0.29, 0.717) is 12.0 Å². The van der Waals surface area contributed by atoms with E-state index in [0.717, 1.165) is 62.6 Å². The summed E-state index contributed by atoms with van der Waals surface area (Å²) in [6, 6.07) is 26.8. The van der Waals surface area contributed by atoms with Crippen LogP contribution in [0.25, 0.3) is 0 Å². The third-order valence-electron chi connectivity index (χ3n) is 8.26. The lowest BCUT2D eigenvalue weighted by molar-refractivity contribution is 0.0283. The van der Waals surface area contributed by atoms with Crippen molar-refractivity contribution >= 4 is 11.6 Å². The average molecular weight is 498 g/mol. The molecule has 0 N–H and O–H groups in total. The zero-order valence-corrected chi connectivity index (χ0v) is 22.2. The first-order valence-electron chi connectivity index (χ1n) is 13.6. The molecular weight excluding hydrogens is 458 g/mol. The van der Waals surface area contributed by atoms with Crippen LogP contribution in [0.1, 0.15) is 47.2 Å². The van der Waals surface area contributed by atoms with Crippen LogP contribution in [0, 0.1) is 5.41 Å². The summed E-state index contributed by atoms with van der Waals surface area (Å²) in [5.41, 5.74) is 4.74. The number of rotatable bonds is 7. The SMILES string of the molecule is CN(C)c1ccc(C(=O)N2CCC3(CCN(Cc4ccccc4OCc4ccccc4)CC3)CC2)cc1. The molecule has 3 aromatic carbocycles. The van der Waals surface area contributed by atoms with Crippen LogP contribution < -0.4 is 9.64 Å². The number of para-hydroxylation sites is 1. The van der Waals surface area contributed by atoms with E-state index in [1.165, 1.54) is 24.0 Å². The molecule has 194 valence electrons. The molecule has 0 atom stereocenters. The van der Waals surface area contributed by atoms with Gasteiger partial charge in [-0.2, -0.15) is 0 Å². The summed E-state index contributed by atoms with van der Waals surface area (Å²) >= 11 is 0. The van der Waals surface area contributed by atoms with Gasteiger partial charge in [-0.1, -0.05) is 48.5 Å². The summed E-state index contributed by atoms with van der Waals surface area (Å²) < 4.78 is 6.20. The molecule has 5 heteroatoms. The standard InChI is InChI=1S/C32H39N3O2/c1-33(2)29-14-12-27(13-15-29)31(36)35-22-18-32(19-23-35)16-20-34(21-17-32)24-28-10-6-7-11-30(28)37-25-26-8-4-3-5-9-26/h3-15H,16-25H2,1-2H3. The molecule has 3 aromatic rings. The Balaban J connectivity index is 1.12. The van der Waals surface area contributed by atoms with Gasteiger partial charge >= 0.3 is 0 Å². The summed E-state index contributed by atoms with van der Waals surface area (Å²) in [7, 11) is 4.04. The van der Waals surface area contributed by atoms with E-state index in [4.69, 9.17) is 4.74 Å². The summed E-state index contributed by atoms with van der Waals surface area (Å²) in [6.07, 6.45) is 4.64. The highest BCUT2D eigenvalue weighted by Gasteiger charge is 2.38. The van der Waals surface area contributed by atoms with E-state index in [-0.39, 0.29) is 5.91 Å². The predicted molar refractivity (Wildman–Crippen MR) is 150 cm³/mol. The second-order valence-electron chi connectivity index (χ2n) is 10.9. The first-order valence-corrected chi connectivity index (χ1v) is 13.6. The summed E-state index contributed by atoms with van der Waals surface area (Å²) in [5.74, 6) is 1.15. The second-order valence-corrected chi connectivity index (χ2v) is 10.9. The first kappa shape index (κ1) is 25.3. The van der Waals surface area contributed by atoms with Crippen LogP contribution in [-0.4, -0.2) is 56.0 Å². The normalized spacial score (nSPS) is 17.5. The van der Waals surface area contributed by atoms with Crippen LogP contribution in [0.5, 0.6) is 5.75 Å². The van der Waals surface area contributed by atoms with Crippen LogP contribution in [-0.2, 0) is 13.2 Å². The minimum atomic E-state index is 0.171. The van der Waals surface area contributed by atoms with Crippen LogP contribution >= 0.6 is 0 Å². The third kappa shape index (κ3) is 6.16. The molecule has 0 saturated carbocycles. The van der Waals surface area contributed by atoms with Gasteiger partial charge in [-0.25, -0.2) is 0 Å². The molecule has 0 bridgehead atoms. The zero-order chi connectivity index (χ0) is 25.7. The highest BCUT2D eigenvalue weighted by atomic mass is 16.5. The number of carbonyl (C=O) groups excluding carboxylic acids is 1. The maximum absolute atomic E-state index is 13.1. The third-order valence-corrected chi connectivity index (χ3v) is 8.26. The lowest BCUT2D eigenvalue weighted by atomic mass is 9.71. The Morgan fingerprint density at radius 2 is 1.43 bits per heavy atom. The molecule has 37 heavy (non-hydrogen) atoms. The average Bonchev–Trinajstić information content (AvgIpc) is 2.94. The number of hydrogen-bond donors (Lipinski definition) is 0. The molecule has 2 aliphatic heterocycles. The van der Waals surface area contributed by atoms with E-state index in [1.807, 2.05) is 44.4 Å². The molecule has 2 heterocycles. The van der Waals surface area contributed by atoms with Gasteiger partial charge in [0.15, 0.2) is 0 Å². The monoisotopic (exact) mass is 497 g/mol. The highest BCUT2D eigenvalue weighted by molar-refractivity contribution is 5.94. The minimum Gasteiger partial charge on any atom is -0.489 e. The number of likely N-dealkylation sites (tertiary alicyclic amines) is 2. The minimum absolute atomic E-state index is 0.171. The van der Waals surface area contributed by atoms with Gasteiger partial charge in [0.1, 0.15) is 12.4 Å². The van der Waals surface area contributed by atoms with Gasteiger partial charge in [-0.15, -0.1) is 0 Å². The van der Waals surface area contributed by atoms with Gasteiger partial charge in [0.25, 0.3) is 5.91 Å². The molecule has 5 nitrogen and oxygen atoms in total. The number of anilines is 1. The zero-order valence-electron chi connectivity index (χ0n) is 22.2. The number of piperidine rings is 2. The van der Waals surface area contributed by atoms with Crippen molar-refractivity contribution in [1.29, 1.82) is 0 Å². The van der Waals surface area contributed by atoms with E-state index in [1.54, 1.807) is 0 Å². The van der Waals surface area contributed by atoms with Crippen molar-refractivity contribution < 1.29 is 9.53 Å². The fourth-order valence-corrected chi connectivity index (χ4v) is 5.71. The van der Waals surface area contributed by atoms with Crippen molar-refractivity contribution in [2.45, 2.75) is 38.8 Å². The Hall–Kier alpha value is -3.31. The number of benzene rings is 3. The van der Waals surface area contributed by atoms with Gasteiger partial charge in [-0.3, -0.25) is 9.69 Å². The molecule has 0 radical (unpaired) electrons. The van der Waals surface area contributed by atoms with E-state index >= 15 is 0 Å². The molecule has 0 aliphatic carbocycles. The Bertz CT molecular complexity index is 1160. The van der Waals surface area contributed by atoms with Crippen molar-refractivity contribution in [2.75, 3.05) is 45.2 Å². The molecular formula is C32H39N3O2.